The van der Waals surface area contributed by atoms with E-state index in [1.165, 1.54) is 6.42 Å². The number of aryl methyl sites for hydroxylation is 1. The molecule has 0 unspecified atom stereocenters. The molecule has 0 aromatic carbocycles. The monoisotopic (exact) mass is 193 g/mol. The first-order chi connectivity index (χ1) is 6.72. The Hall–Kier alpha value is -1.09. The van der Waals surface area contributed by atoms with Crippen molar-refractivity contribution in [3.8, 4) is 0 Å². The molecule has 0 aliphatic heterocycles. The third-order valence-corrected chi connectivity index (χ3v) is 2.12. The number of rotatable bonds is 6. The summed E-state index contributed by atoms with van der Waals surface area (Å²) < 4.78 is 0. The highest BCUT2D eigenvalue weighted by Crippen LogP contribution is 2.00. The van der Waals surface area contributed by atoms with E-state index < -0.39 is 0 Å². The van der Waals surface area contributed by atoms with Crippen LogP contribution in [0, 0.1) is 6.92 Å². The van der Waals surface area contributed by atoms with Gasteiger partial charge in [-0.3, -0.25) is 4.90 Å². The summed E-state index contributed by atoms with van der Waals surface area (Å²) in [6, 6.07) is 0. The predicted molar refractivity (Wildman–Crippen MR) is 59.1 cm³/mol. The molecule has 0 bridgehead atoms. The molecule has 0 saturated carbocycles. The average Bonchev–Trinajstić information content (AvgIpc) is 2.52. The zero-order chi connectivity index (χ0) is 10.4. The summed E-state index contributed by atoms with van der Waals surface area (Å²) in [5.41, 5.74) is 1.12. The molecule has 0 spiro atoms. The van der Waals surface area contributed by atoms with Gasteiger partial charge in [0.25, 0.3) is 0 Å². The van der Waals surface area contributed by atoms with Crippen molar-refractivity contribution >= 4 is 0 Å². The van der Waals surface area contributed by atoms with Gasteiger partial charge < -0.3 is 4.98 Å². The van der Waals surface area contributed by atoms with Gasteiger partial charge >= 0.3 is 0 Å². The van der Waals surface area contributed by atoms with Gasteiger partial charge in [0.15, 0.2) is 0 Å². The van der Waals surface area contributed by atoms with Crippen molar-refractivity contribution in [2.24, 2.45) is 0 Å². The number of nitrogens with zero attached hydrogens (tertiary/aromatic N) is 2. The van der Waals surface area contributed by atoms with Crippen molar-refractivity contribution in [2.75, 3.05) is 13.6 Å². The average molecular weight is 193 g/mol. The molecule has 0 saturated heterocycles. The lowest BCUT2D eigenvalue weighted by atomic mass is 10.3. The normalized spacial score (nSPS) is 10.8. The zero-order valence-electron chi connectivity index (χ0n) is 9.08. The van der Waals surface area contributed by atoms with E-state index in [0.29, 0.717) is 0 Å². The number of H-pyrrole nitrogens is 1. The maximum atomic E-state index is 4.27. The topological polar surface area (TPSA) is 31.9 Å². The highest BCUT2D eigenvalue weighted by atomic mass is 15.1. The molecular weight excluding hydrogens is 174 g/mol. The minimum atomic E-state index is 0.894. The van der Waals surface area contributed by atoms with E-state index >= 15 is 0 Å². The lowest BCUT2D eigenvalue weighted by molar-refractivity contribution is 0.316. The highest BCUT2D eigenvalue weighted by Gasteiger charge is 2.01. The summed E-state index contributed by atoms with van der Waals surface area (Å²) in [4.78, 5) is 9.76. The molecule has 0 fully saturated rings. The maximum Gasteiger partial charge on any atom is 0.120 e. The number of aromatic nitrogens is 2. The molecule has 1 aromatic heterocycles. The first-order valence-electron chi connectivity index (χ1n) is 5.02. The van der Waals surface area contributed by atoms with Crippen LogP contribution in [0.1, 0.15) is 24.4 Å². The first kappa shape index (κ1) is 11.0. The predicted octanol–water partition coefficient (Wildman–Crippen LogP) is 2.12. The maximum absolute atomic E-state index is 4.27. The Kier molecular flexibility index (Phi) is 4.40. The molecule has 3 nitrogen and oxygen atoms in total. The van der Waals surface area contributed by atoms with Gasteiger partial charge in [0, 0.05) is 11.9 Å². The molecule has 78 valence electrons. The summed E-state index contributed by atoms with van der Waals surface area (Å²) in [6.45, 7) is 7.71. The van der Waals surface area contributed by atoms with Gasteiger partial charge in [0.2, 0.25) is 0 Å². The van der Waals surface area contributed by atoms with Crippen molar-refractivity contribution in [1.29, 1.82) is 0 Å². The summed E-state index contributed by atoms with van der Waals surface area (Å²) >= 11 is 0. The summed E-state index contributed by atoms with van der Waals surface area (Å²) in [5, 5.41) is 0. The molecule has 0 aliphatic carbocycles. The van der Waals surface area contributed by atoms with E-state index in [2.05, 4.69) is 28.5 Å². The lowest BCUT2D eigenvalue weighted by Crippen LogP contribution is -2.19. The van der Waals surface area contributed by atoms with E-state index in [-0.39, 0.29) is 0 Å². The van der Waals surface area contributed by atoms with Gasteiger partial charge in [-0.15, -0.1) is 6.58 Å². The van der Waals surface area contributed by atoms with Crippen LogP contribution in [-0.2, 0) is 6.54 Å². The fraction of sp³-hybridized carbons (Fsp3) is 0.545. The van der Waals surface area contributed by atoms with Crippen LogP contribution in [0.3, 0.4) is 0 Å². The molecule has 1 N–H and O–H groups in total. The number of unbranched alkanes of at least 4 members (excludes halogenated alkanes) is 1. The molecule has 0 atom stereocenters. The van der Waals surface area contributed by atoms with Crippen molar-refractivity contribution in [3.63, 3.8) is 0 Å². The van der Waals surface area contributed by atoms with E-state index in [4.69, 9.17) is 0 Å². The van der Waals surface area contributed by atoms with Crippen molar-refractivity contribution < 1.29 is 0 Å². The summed E-state index contributed by atoms with van der Waals surface area (Å²) in [7, 11) is 2.11. The van der Waals surface area contributed by atoms with E-state index in [0.717, 1.165) is 31.0 Å². The van der Waals surface area contributed by atoms with Crippen LogP contribution < -0.4 is 0 Å². The third-order valence-electron chi connectivity index (χ3n) is 2.12. The van der Waals surface area contributed by atoms with Crippen LogP contribution in [-0.4, -0.2) is 28.5 Å². The highest BCUT2D eigenvalue weighted by molar-refractivity contribution is 4.97. The van der Waals surface area contributed by atoms with Gasteiger partial charge in [-0.1, -0.05) is 6.08 Å². The Labute approximate surface area is 85.8 Å². The van der Waals surface area contributed by atoms with Crippen LogP contribution in [0.25, 0.3) is 0 Å². The second-order valence-electron chi connectivity index (χ2n) is 3.68. The van der Waals surface area contributed by atoms with E-state index in [9.17, 15) is 0 Å². The molecule has 3 heteroatoms. The standard InChI is InChI=1S/C11H19N3/c1-4-5-6-7-14(3)9-11-12-8-10(2)13-11/h4,8H,1,5-7,9H2,2-3H3,(H,12,13). The van der Waals surface area contributed by atoms with Crippen LogP contribution in [0.4, 0.5) is 0 Å². The smallest absolute Gasteiger partial charge is 0.120 e. The largest absolute Gasteiger partial charge is 0.345 e. The fourth-order valence-corrected chi connectivity index (χ4v) is 1.39. The van der Waals surface area contributed by atoms with Crippen LogP contribution in [0.15, 0.2) is 18.9 Å². The van der Waals surface area contributed by atoms with Gasteiger partial charge in [0.1, 0.15) is 5.82 Å². The molecule has 14 heavy (non-hydrogen) atoms. The fourth-order valence-electron chi connectivity index (χ4n) is 1.39. The Morgan fingerprint density at radius 2 is 2.43 bits per heavy atom. The SMILES string of the molecule is C=CCCCN(C)Cc1ncc(C)[nH]1. The first-order valence-corrected chi connectivity index (χ1v) is 5.02. The molecule has 0 aliphatic rings. The number of hydrogen-bond acceptors (Lipinski definition) is 2. The van der Waals surface area contributed by atoms with Crippen molar-refractivity contribution in [3.05, 3.63) is 30.4 Å². The van der Waals surface area contributed by atoms with Gasteiger partial charge in [0.05, 0.1) is 6.54 Å². The second-order valence-corrected chi connectivity index (χ2v) is 3.68. The quantitative estimate of drug-likeness (QED) is 0.554. The second kappa shape index (κ2) is 5.60. The van der Waals surface area contributed by atoms with Crippen molar-refractivity contribution in [1.82, 2.24) is 14.9 Å². The van der Waals surface area contributed by atoms with E-state index in [1.807, 2.05) is 19.2 Å². The molecule has 1 heterocycles. The minimum absolute atomic E-state index is 0.894. The van der Waals surface area contributed by atoms with Gasteiger partial charge in [-0.05, 0) is 33.4 Å². The van der Waals surface area contributed by atoms with Crippen LogP contribution in [0.2, 0.25) is 0 Å². The summed E-state index contributed by atoms with van der Waals surface area (Å²) in [6.07, 6.45) is 6.08. The lowest BCUT2D eigenvalue weighted by Gasteiger charge is -2.13. The van der Waals surface area contributed by atoms with Gasteiger partial charge in [-0.25, -0.2) is 4.98 Å². The minimum Gasteiger partial charge on any atom is -0.345 e. The molecule has 1 rings (SSSR count). The summed E-state index contributed by atoms with van der Waals surface area (Å²) in [5.74, 6) is 1.05. The van der Waals surface area contributed by atoms with Crippen LogP contribution >= 0.6 is 0 Å². The molecule has 1 aromatic rings. The molecular formula is C11H19N3. The third kappa shape index (κ3) is 3.75. The van der Waals surface area contributed by atoms with Gasteiger partial charge in [-0.2, -0.15) is 0 Å². The Morgan fingerprint density at radius 3 is 3.00 bits per heavy atom. The number of imidazole rings is 1. The Morgan fingerprint density at radius 1 is 1.64 bits per heavy atom. The zero-order valence-corrected chi connectivity index (χ0v) is 9.08. The number of nitrogens with one attached hydrogen (secondary N) is 1. The Balaban J connectivity index is 2.26. The molecule has 0 amide bonds. The Bertz CT molecular complexity index is 278. The number of aromatic amines is 1. The van der Waals surface area contributed by atoms with E-state index in [1.54, 1.807) is 0 Å². The molecule has 0 radical (unpaired) electrons. The van der Waals surface area contributed by atoms with Crippen LogP contribution in [0.5, 0.6) is 0 Å². The number of allylic oxidation sites excluding steroid dienone is 1. The van der Waals surface area contributed by atoms with Crippen molar-refractivity contribution in [2.45, 2.75) is 26.3 Å². The number of hydrogen-bond donors (Lipinski definition) is 1.